The maximum absolute atomic E-state index is 11.9. The van der Waals surface area contributed by atoms with Gasteiger partial charge >= 0.3 is 11.7 Å². The molecule has 0 saturated carbocycles. The molecule has 0 fully saturated rings. The smallest absolute Gasteiger partial charge is 0.325 e. The molecule has 2 aromatic carbocycles. The van der Waals surface area contributed by atoms with Crippen LogP contribution in [0.3, 0.4) is 0 Å². The Morgan fingerprint density at radius 3 is 2.59 bits per heavy atom. The number of nitro groups is 1. The maximum atomic E-state index is 11.9. The van der Waals surface area contributed by atoms with Crippen molar-refractivity contribution in [3.05, 3.63) is 69.5 Å². The average molecular weight is 398 g/mol. The third-order valence-corrected chi connectivity index (χ3v) is 4.16. The molecule has 1 heterocycles. The number of hydrogen-bond donors (Lipinski definition) is 0. The van der Waals surface area contributed by atoms with Crippen LogP contribution in [0.4, 0.5) is 5.69 Å². The Balaban J connectivity index is 1.99. The summed E-state index contributed by atoms with van der Waals surface area (Å²) in [6.45, 7) is 2.01. The van der Waals surface area contributed by atoms with Crippen LogP contribution >= 0.6 is 0 Å². The van der Waals surface area contributed by atoms with Crippen LogP contribution in [0.25, 0.3) is 10.9 Å². The van der Waals surface area contributed by atoms with Crippen molar-refractivity contribution >= 4 is 22.6 Å². The number of methoxy groups -OCH3 is 1. The molecular formula is C20H18N2O7. The Kier molecular flexibility index (Phi) is 5.77. The molecule has 0 aliphatic carbocycles. The molecule has 0 atom stereocenters. The maximum Gasteiger partial charge on any atom is 0.325 e. The van der Waals surface area contributed by atoms with E-state index in [2.05, 4.69) is 0 Å². The molecule has 1 aromatic heterocycles. The number of esters is 1. The van der Waals surface area contributed by atoms with Gasteiger partial charge in [0.15, 0.2) is 17.7 Å². The number of pyridine rings is 1. The van der Waals surface area contributed by atoms with Crippen LogP contribution in [0, 0.1) is 15.3 Å². The molecule has 29 heavy (non-hydrogen) atoms. The van der Waals surface area contributed by atoms with E-state index in [1.54, 1.807) is 25.1 Å². The number of carbonyl (C=O) groups is 1. The van der Waals surface area contributed by atoms with Crippen molar-refractivity contribution in [1.29, 1.82) is 0 Å². The molecule has 9 nitrogen and oxygen atoms in total. The Bertz CT molecular complexity index is 1080. The summed E-state index contributed by atoms with van der Waals surface area (Å²) in [5.74, 6) is 0.117. The second-order valence-electron chi connectivity index (χ2n) is 6.01. The van der Waals surface area contributed by atoms with Crippen molar-refractivity contribution in [2.24, 2.45) is 0 Å². The Labute approximate surface area is 165 Å². The van der Waals surface area contributed by atoms with Gasteiger partial charge in [-0.3, -0.25) is 14.9 Å². The first-order chi connectivity index (χ1) is 13.9. The van der Waals surface area contributed by atoms with Gasteiger partial charge in [-0.1, -0.05) is 6.07 Å². The standard InChI is InChI=1S/C20H18N2O7/c1-3-28-19(23)12-13-6-8-16(18(11-13)27-2)29-17-9-7-15-14(20(17)22(25)26)5-4-10-21(15)24/h4-11H,3,12H2,1-2H3. The van der Waals surface area contributed by atoms with Gasteiger partial charge in [-0.05, 0) is 36.8 Å². The Hall–Kier alpha value is -3.88. The lowest BCUT2D eigenvalue weighted by Crippen LogP contribution is -2.25. The monoisotopic (exact) mass is 398 g/mol. The lowest BCUT2D eigenvalue weighted by molar-refractivity contribution is -0.577. The zero-order valence-corrected chi connectivity index (χ0v) is 15.8. The van der Waals surface area contributed by atoms with Gasteiger partial charge in [0.05, 0.1) is 25.1 Å². The number of fused-ring (bicyclic) bond motifs is 1. The minimum absolute atomic E-state index is 0.0369. The molecule has 0 saturated heterocycles. The predicted molar refractivity (Wildman–Crippen MR) is 103 cm³/mol. The average Bonchev–Trinajstić information content (AvgIpc) is 2.69. The fourth-order valence-electron chi connectivity index (χ4n) is 2.91. The predicted octanol–water partition coefficient (Wildman–Crippen LogP) is 3.29. The van der Waals surface area contributed by atoms with Gasteiger partial charge in [0.2, 0.25) is 11.3 Å². The summed E-state index contributed by atoms with van der Waals surface area (Å²) in [6, 6.07) is 10.5. The van der Waals surface area contributed by atoms with Gasteiger partial charge in [-0.25, -0.2) is 0 Å². The van der Waals surface area contributed by atoms with Crippen molar-refractivity contribution in [2.45, 2.75) is 13.3 Å². The number of ether oxygens (including phenoxy) is 3. The second kappa shape index (κ2) is 8.42. The quantitative estimate of drug-likeness (QED) is 0.197. The number of carbonyl (C=O) groups excluding carboxylic acids is 1. The van der Waals surface area contributed by atoms with Crippen molar-refractivity contribution in [3.8, 4) is 17.2 Å². The molecule has 0 spiro atoms. The first kappa shape index (κ1) is 19.9. The van der Waals surface area contributed by atoms with Gasteiger partial charge in [0, 0.05) is 12.1 Å². The highest BCUT2D eigenvalue weighted by atomic mass is 16.6. The van der Waals surface area contributed by atoms with E-state index in [1.807, 2.05) is 0 Å². The van der Waals surface area contributed by atoms with Gasteiger partial charge in [0.25, 0.3) is 0 Å². The molecule has 0 amide bonds. The van der Waals surface area contributed by atoms with Gasteiger partial charge in [-0.2, -0.15) is 4.73 Å². The SMILES string of the molecule is CCOC(=O)Cc1ccc(Oc2ccc3c(ccc[n+]3[O-])c2[N+](=O)[O-])c(OC)c1. The normalized spacial score (nSPS) is 10.6. The van der Waals surface area contributed by atoms with E-state index in [-0.39, 0.29) is 47.1 Å². The highest BCUT2D eigenvalue weighted by Gasteiger charge is 2.24. The van der Waals surface area contributed by atoms with Crippen molar-refractivity contribution in [2.75, 3.05) is 13.7 Å². The van der Waals surface area contributed by atoms with E-state index in [4.69, 9.17) is 14.2 Å². The minimum atomic E-state index is -0.598. The van der Waals surface area contributed by atoms with E-state index in [0.717, 1.165) is 0 Å². The molecule has 150 valence electrons. The molecule has 9 heteroatoms. The summed E-state index contributed by atoms with van der Waals surface area (Å²) in [5.41, 5.74) is 0.474. The third kappa shape index (κ3) is 4.18. The summed E-state index contributed by atoms with van der Waals surface area (Å²) in [4.78, 5) is 22.7. The molecule has 0 bridgehead atoms. The van der Waals surface area contributed by atoms with Crippen LogP contribution in [0.1, 0.15) is 12.5 Å². The molecule has 0 aliphatic rings. The van der Waals surface area contributed by atoms with Crippen LogP contribution in [0.2, 0.25) is 0 Å². The van der Waals surface area contributed by atoms with Crippen LogP contribution < -0.4 is 14.2 Å². The molecule has 3 rings (SSSR count). The highest BCUT2D eigenvalue weighted by molar-refractivity contribution is 5.89. The van der Waals surface area contributed by atoms with E-state index >= 15 is 0 Å². The fraction of sp³-hybridized carbons (Fsp3) is 0.200. The molecule has 0 unspecified atom stereocenters. The second-order valence-corrected chi connectivity index (χ2v) is 6.01. The lowest BCUT2D eigenvalue weighted by Gasteiger charge is -2.13. The minimum Gasteiger partial charge on any atom is -0.618 e. The molecular weight excluding hydrogens is 380 g/mol. The summed E-state index contributed by atoms with van der Waals surface area (Å²) in [6.07, 6.45) is 1.32. The number of hydrogen-bond acceptors (Lipinski definition) is 7. The van der Waals surface area contributed by atoms with E-state index in [0.29, 0.717) is 16.0 Å². The third-order valence-electron chi connectivity index (χ3n) is 4.16. The van der Waals surface area contributed by atoms with Gasteiger partial charge in [-0.15, -0.1) is 0 Å². The topological polar surface area (TPSA) is 115 Å². The summed E-state index contributed by atoms with van der Waals surface area (Å²) in [7, 11) is 1.42. The Morgan fingerprint density at radius 1 is 1.14 bits per heavy atom. The number of rotatable bonds is 7. The number of nitrogens with zero attached hydrogens (tertiary/aromatic N) is 2. The van der Waals surface area contributed by atoms with Crippen molar-refractivity contribution in [3.63, 3.8) is 0 Å². The zero-order chi connectivity index (χ0) is 21.0. The summed E-state index contributed by atoms with van der Waals surface area (Å²) >= 11 is 0. The molecule has 0 aliphatic heterocycles. The molecule has 0 radical (unpaired) electrons. The van der Waals surface area contributed by atoms with Crippen LogP contribution in [-0.4, -0.2) is 24.6 Å². The van der Waals surface area contributed by atoms with E-state index in [1.165, 1.54) is 37.6 Å². The molecule has 3 aromatic rings. The van der Waals surface area contributed by atoms with Crippen LogP contribution in [0.15, 0.2) is 48.7 Å². The zero-order valence-electron chi connectivity index (χ0n) is 15.8. The first-order valence-electron chi connectivity index (χ1n) is 8.74. The van der Waals surface area contributed by atoms with E-state index < -0.39 is 4.92 Å². The summed E-state index contributed by atoms with van der Waals surface area (Å²) < 4.78 is 16.5. The van der Waals surface area contributed by atoms with Crippen molar-refractivity contribution < 1.29 is 28.7 Å². The van der Waals surface area contributed by atoms with Gasteiger partial charge < -0.3 is 19.4 Å². The van der Waals surface area contributed by atoms with Gasteiger partial charge in [0.1, 0.15) is 5.39 Å². The summed E-state index contributed by atoms with van der Waals surface area (Å²) in [5, 5.41) is 23.7. The highest BCUT2D eigenvalue weighted by Crippen LogP contribution is 2.40. The van der Waals surface area contributed by atoms with E-state index in [9.17, 15) is 20.1 Å². The molecule has 0 N–H and O–H groups in total. The van der Waals surface area contributed by atoms with Crippen molar-refractivity contribution in [1.82, 2.24) is 0 Å². The number of benzene rings is 2. The number of nitro benzene ring substituents is 1. The lowest BCUT2D eigenvalue weighted by atomic mass is 10.1. The van der Waals surface area contributed by atoms with Crippen LogP contribution in [-0.2, 0) is 16.0 Å². The fourth-order valence-corrected chi connectivity index (χ4v) is 2.91. The largest absolute Gasteiger partial charge is 0.618 e. The van der Waals surface area contributed by atoms with Crippen LogP contribution in [0.5, 0.6) is 17.2 Å². The number of aromatic nitrogens is 1. The Morgan fingerprint density at radius 2 is 1.90 bits per heavy atom. The first-order valence-corrected chi connectivity index (χ1v) is 8.74.